The molecule has 1 N–H and O–H groups in total. The largest absolute Gasteiger partial charge is 0.444 e. The zero-order valence-corrected chi connectivity index (χ0v) is 19.7. The molecular formula is C21H33IN4O2. The third-order valence-corrected chi connectivity index (χ3v) is 5.95. The van der Waals surface area contributed by atoms with Gasteiger partial charge in [-0.05, 0) is 73.5 Å². The molecule has 2 aliphatic rings. The van der Waals surface area contributed by atoms with Gasteiger partial charge in [-0.25, -0.2) is 4.79 Å². The number of piperazine rings is 2. The second-order valence-electron chi connectivity index (χ2n) is 8.69. The number of carbonyl (C=O) groups is 1. The Kier molecular flexibility index (Phi) is 7.09. The molecule has 2 fully saturated rings. The van der Waals surface area contributed by atoms with Gasteiger partial charge >= 0.3 is 6.09 Å². The van der Waals surface area contributed by atoms with E-state index in [1.807, 2.05) is 25.7 Å². The number of hydrogen-bond acceptors (Lipinski definition) is 5. The maximum absolute atomic E-state index is 12.3. The highest BCUT2D eigenvalue weighted by molar-refractivity contribution is 14.1. The van der Waals surface area contributed by atoms with E-state index in [0.29, 0.717) is 0 Å². The molecule has 1 aromatic carbocycles. The molecule has 0 aliphatic carbocycles. The van der Waals surface area contributed by atoms with Gasteiger partial charge in [0, 0.05) is 68.2 Å². The van der Waals surface area contributed by atoms with Gasteiger partial charge in [0.2, 0.25) is 0 Å². The lowest BCUT2D eigenvalue weighted by atomic mass is 10.0. The van der Waals surface area contributed by atoms with Gasteiger partial charge in [-0.15, -0.1) is 0 Å². The summed E-state index contributed by atoms with van der Waals surface area (Å²) in [4.78, 5) is 19.0. The van der Waals surface area contributed by atoms with Crippen LogP contribution in [-0.2, 0) is 11.3 Å². The Morgan fingerprint density at radius 1 is 1.11 bits per heavy atom. The van der Waals surface area contributed by atoms with Gasteiger partial charge in [-0.2, -0.15) is 0 Å². The summed E-state index contributed by atoms with van der Waals surface area (Å²) in [5.41, 5.74) is 3.71. The van der Waals surface area contributed by atoms with Crippen molar-refractivity contribution in [2.75, 3.05) is 57.3 Å². The average Bonchev–Trinajstić information content (AvgIpc) is 2.64. The molecule has 2 heterocycles. The molecule has 1 amide bonds. The van der Waals surface area contributed by atoms with Crippen LogP contribution in [0.1, 0.15) is 31.9 Å². The fourth-order valence-electron chi connectivity index (χ4n) is 3.77. The minimum atomic E-state index is -0.438. The second kappa shape index (κ2) is 9.17. The Morgan fingerprint density at radius 2 is 1.75 bits per heavy atom. The van der Waals surface area contributed by atoms with E-state index in [4.69, 9.17) is 4.74 Å². The molecule has 0 spiro atoms. The zero-order chi connectivity index (χ0) is 20.3. The third-order valence-electron chi connectivity index (χ3n) is 5.33. The van der Waals surface area contributed by atoms with E-state index in [0.717, 1.165) is 58.9 Å². The van der Waals surface area contributed by atoms with Gasteiger partial charge in [-0.1, -0.05) is 0 Å². The Bertz CT molecular complexity index is 690. The van der Waals surface area contributed by atoms with Gasteiger partial charge in [-0.3, -0.25) is 4.90 Å². The first-order chi connectivity index (χ1) is 13.2. The number of nitrogens with zero attached hydrogens (tertiary/aromatic N) is 3. The molecule has 28 heavy (non-hydrogen) atoms. The topological polar surface area (TPSA) is 48.1 Å². The zero-order valence-electron chi connectivity index (χ0n) is 17.6. The van der Waals surface area contributed by atoms with Crippen LogP contribution in [0.15, 0.2) is 12.1 Å². The summed E-state index contributed by atoms with van der Waals surface area (Å²) in [5, 5.41) is 3.43. The summed E-state index contributed by atoms with van der Waals surface area (Å²) in [6, 6.07) is 4.62. The highest BCUT2D eigenvalue weighted by Crippen LogP contribution is 2.28. The number of benzene rings is 1. The van der Waals surface area contributed by atoms with Crippen LogP contribution in [0.2, 0.25) is 0 Å². The highest BCUT2D eigenvalue weighted by Gasteiger charge is 2.26. The molecule has 6 nitrogen and oxygen atoms in total. The molecule has 0 bridgehead atoms. The lowest BCUT2D eigenvalue weighted by Crippen LogP contribution is -2.49. The molecule has 0 saturated carbocycles. The normalized spacial score (nSPS) is 19.0. The lowest BCUT2D eigenvalue weighted by molar-refractivity contribution is 0.0139. The van der Waals surface area contributed by atoms with Crippen molar-refractivity contribution in [1.29, 1.82) is 0 Å². The van der Waals surface area contributed by atoms with Crippen molar-refractivity contribution in [1.82, 2.24) is 15.1 Å². The maximum atomic E-state index is 12.3. The second-order valence-corrected chi connectivity index (χ2v) is 9.94. The molecule has 0 radical (unpaired) electrons. The summed E-state index contributed by atoms with van der Waals surface area (Å²) in [6.07, 6.45) is -0.196. The predicted octanol–water partition coefficient (Wildman–Crippen LogP) is 3.06. The Labute approximate surface area is 182 Å². The van der Waals surface area contributed by atoms with Crippen molar-refractivity contribution in [2.24, 2.45) is 0 Å². The molecule has 0 aromatic heterocycles. The van der Waals surface area contributed by atoms with Crippen molar-refractivity contribution < 1.29 is 9.53 Å². The van der Waals surface area contributed by atoms with E-state index in [1.54, 1.807) is 0 Å². The highest BCUT2D eigenvalue weighted by atomic mass is 127. The summed E-state index contributed by atoms with van der Waals surface area (Å²) in [7, 11) is 0. The fourth-order valence-corrected chi connectivity index (χ4v) is 4.44. The number of halogens is 1. The van der Waals surface area contributed by atoms with E-state index < -0.39 is 5.60 Å². The van der Waals surface area contributed by atoms with Crippen LogP contribution in [0.4, 0.5) is 10.5 Å². The van der Waals surface area contributed by atoms with Crippen LogP contribution in [0.5, 0.6) is 0 Å². The Balaban J connectivity index is 1.62. The molecule has 2 saturated heterocycles. The monoisotopic (exact) mass is 500 g/mol. The third kappa shape index (κ3) is 5.73. The predicted molar refractivity (Wildman–Crippen MR) is 122 cm³/mol. The molecule has 156 valence electrons. The minimum absolute atomic E-state index is 0.196. The van der Waals surface area contributed by atoms with Crippen molar-refractivity contribution in [3.05, 3.63) is 26.8 Å². The van der Waals surface area contributed by atoms with Crippen molar-refractivity contribution in [3.63, 3.8) is 0 Å². The maximum Gasteiger partial charge on any atom is 0.410 e. The molecular weight excluding hydrogens is 467 g/mol. The van der Waals surface area contributed by atoms with Crippen molar-refractivity contribution in [3.8, 4) is 0 Å². The number of rotatable bonds is 3. The molecule has 0 atom stereocenters. The Morgan fingerprint density at radius 3 is 2.36 bits per heavy atom. The molecule has 2 aliphatic heterocycles. The van der Waals surface area contributed by atoms with Gasteiger partial charge < -0.3 is 19.9 Å². The van der Waals surface area contributed by atoms with Crippen LogP contribution in [-0.4, -0.2) is 73.9 Å². The smallest absolute Gasteiger partial charge is 0.410 e. The quantitative estimate of drug-likeness (QED) is 0.647. The standard InChI is InChI=1S/C21H33IN4O2/c1-16-17(13-18(22)14-19(16)25-7-5-23-6-8-25)15-24-9-11-26(12-10-24)20(27)28-21(2,3)4/h13-14,23H,5-12,15H2,1-4H3. The summed E-state index contributed by atoms with van der Waals surface area (Å²) >= 11 is 2.43. The van der Waals surface area contributed by atoms with Crippen LogP contribution in [0.3, 0.4) is 0 Å². The number of carbonyl (C=O) groups excluding carboxylic acids is 1. The van der Waals surface area contributed by atoms with Crippen LogP contribution in [0, 0.1) is 10.5 Å². The van der Waals surface area contributed by atoms with Gasteiger partial charge in [0.25, 0.3) is 0 Å². The van der Waals surface area contributed by atoms with E-state index in [2.05, 4.69) is 56.8 Å². The van der Waals surface area contributed by atoms with Crippen LogP contribution < -0.4 is 10.2 Å². The molecule has 3 rings (SSSR count). The number of hydrogen-bond donors (Lipinski definition) is 1. The summed E-state index contributed by atoms with van der Waals surface area (Å²) < 4.78 is 6.80. The SMILES string of the molecule is Cc1c(CN2CCN(C(=O)OC(C)(C)C)CC2)cc(I)cc1N1CCNCC1. The molecule has 0 unspecified atom stereocenters. The van der Waals surface area contributed by atoms with E-state index in [-0.39, 0.29) is 6.09 Å². The van der Waals surface area contributed by atoms with Crippen LogP contribution in [0.25, 0.3) is 0 Å². The first kappa shape index (κ1) is 21.6. The van der Waals surface area contributed by atoms with Gasteiger partial charge in [0.1, 0.15) is 5.60 Å². The van der Waals surface area contributed by atoms with E-state index >= 15 is 0 Å². The fraction of sp³-hybridized carbons (Fsp3) is 0.667. The average molecular weight is 500 g/mol. The molecule has 1 aromatic rings. The van der Waals surface area contributed by atoms with Gasteiger partial charge in [0.15, 0.2) is 0 Å². The number of nitrogens with one attached hydrogen (secondary N) is 1. The number of anilines is 1. The van der Waals surface area contributed by atoms with E-state index in [1.165, 1.54) is 20.4 Å². The van der Waals surface area contributed by atoms with Crippen LogP contribution >= 0.6 is 22.6 Å². The first-order valence-corrected chi connectivity index (χ1v) is 11.3. The number of ether oxygens (including phenoxy) is 1. The minimum Gasteiger partial charge on any atom is -0.444 e. The number of amides is 1. The van der Waals surface area contributed by atoms with Gasteiger partial charge in [0.05, 0.1) is 0 Å². The van der Waals surface area contributed by atoms with Crippen molar-refractivity contribution >= 4 is 34.4 Å². The first-order valence-electron chi connectivity index (χ1n) is 10.2. The Hall–Kier alpha value is -1.06. The van der Waals surface area contributed by atoms with Crippen molar-refractivity contribution in [2.45, 2.75) is 39.8 Å². The van der Waals surface area contributed by atoms with E-state index in [9.17, 15) is 4.79 Å². The molecule has 7 heteroatoms. The summed E-state index contributed by atoms with van der Waals surface area (Å²) in [5.74, 6) is 0. The summed E-state index contributed by atoms with van der Waals surface area (Å²) in [6.45, 7) is 16.4. The lowest BCUT2D eigenvalue weighted by Gasteiger charge is -2.36.